The number of carbonyl (C=O) groups is 1. The summed E-state index contributed by atoms with van der Waals surface area (Å²) in [4.78, 5) is 17.6. The number of hydrogen-bond donors (Lipinski definition) is 1. The molecule has 7 heteroatoms. The molecule has 28 heavy (non-hydrogen) atoms. The SMILES string of the molecule is Cc1cccc(-c2nc3scc(CCNC(=O)Cc4ccc(Cl)cc4)n3n2)c1. The molecular formula is C21H19ClN4OS. The van der Waals surface area contributed by atoms with Gasteiger partial charge in [0, 0.05) is 28.9 Å². The van der Waals surface area contributed by atoms with Gasteiger partial charge in [-0.15, -0.1) is 16.4 Å². The molecule has 0 saturated heterocycles. The van der Waals surface area contributed by atoms with Crippen LogP contribution in [0.3, 0.4) is 0 Å². The summed E-state index contributed by atoms with van der Waals surface area (Å²) in [6.45, 7) is 2.61. The van der Waals surface area contributed by atoms with Gasteiger partial charge in [-0.2, -0.15) is 4.98 Å². The first-order valence-electron chi connectivity index (χ1n) is 9.00. The van der Waals surface area contributed by atoms with Gasteiger partial charge in [0.1, 0.15) is 0 Å². The smallest absolute Gasteiger partial charge is 0.224 e. The molecule has 0 aliphatic carbocycles. The van der Waals surface area contributed by atoms with Gasteiger partial charge in [-0.05, 0) is 30.7 Å². The molecule has 0 atom stereocenters. The number of nitrogens with zero attached hydrogens (tertiary/aromatic N) is 3. The monoisotopic (exact) mass is 410 g/mol. The maximum Gasteiger partial charge on any atom is 0.224 e. The van der Waals surface area contributed by atoms with Crippen LogP contribution in [0.4, 0.5) is 0 Å². The fourth-order valence-corrected chi connectivity index (χ4v) is 3.97. The normalized spacial score (nSPS) is 11.1. The molecule has 0 spiro atoms. The Morgan fingerprint density at radius 3 is 2.82 bits per heavy atom. The fourth-order valence-electron chi connectivity index (χ4n) is 2.98. The molecule has 0 saturated carbocycles. The first kappa shape index (κ1) is 18.7. The van der Waals surface area contributed by atoms with E-state index in [1.165, 1.54) is 5.56 Å². The highest BCUT2D eigenvalue weighted by Crippen LogP contribution is 2.21. The number of amides is 1. The van der Waals surface area contributed by atoms with Crippen LogP contribution in [0, 0.1) is 6.92 Å². The van der Waals surface area contributed by atoms with Crippen LogP contribution in [0.2, 0.25) is 5.02 Å². The van der Waals surface area contributed by atoms with E-state index in [1.54, 1.807) is 23.5 Å². The average molecular weight is 411 g/mol. The second-order valence-corrected chi connectivity index (χ2v) is 7.90. The van der Waals surface area contributed by atoms with Crippen LogP contribution in [0.25, 0.3) is 16.3 Å². The lowest BCUT2D eigenvalue weighted by atomic mass is 10.1. The minimum absolute atomic E-state index is 0.00663. The first-order chi connectivity index (χ1) is 13.6. The van der Waals surface area contributed by atoms with Crippen molar-refractivity contribution in [2.75, 3.05) is 6.54 Å². The molecule has 0 fully saturated rings. The van der Waals surface area contributed by atoms with Gasteiger partial charge < -0.3 is 5.32 Å². The molecule has 0 radical (unpaired) electrons. The lowest BCUT2D eigenvalue weighted by Crippen LogP contribution is -2.27. The van der Waals surface area contributed by atoms with E-state index in [2.05, 4.69) is 34.5 Å². The van der Waals surface area contributed by atoms with Crippen LogP contribution in [0.1, 0.15) is 16.8 Å². The highest BCUT2D eigenvalue weighted by molar-refractivity contribution is 7.15. The molecule has 0 unspecified atom stereocenters. The number of thiazole rings is 1. The largest absolute Gasteiger partial charge is 0.355 e. The number of rotatable bonds is 6. The van der Waals surface area contributed by atoms with Gasteiger partial charge in [0.2, 0.25) is 10.9 Å². The predicted octanol–water partition coefficient (Wildman–Crippen LogP) is 4.32. The molecule has 0 aliphatic heterocycles. The van der Waals surface area contributed by atoms with Crippen molar-refractivity contribution in [2.45, 2.75) is 19.8 Å². The minimum atomic E-state index is -0.00663. The van der Waals surface area contributed by atoms with Crippen LogP contribution in [-0.2, 0) is 17.6 Å². The molecule has 2 aromatic carbocycles. The third kappa shape index (κ3) is 4.24. The Morgan fingerprint density at radius 2 is 2.04 bits per heavy atom. The van der Waals surface area contributed by atoms with Gasteiger partial charge in [-0.25, -0.2) is 4.52 Å². The zero-order valence-electron chi connectivity index (χ0n) is 15.4. The number of nitrogens with one attached hydrogen (secondary N) is 1. The van der Waals surface area contributed by atoms with E-state index in [4.69, 9.17) is 11.6 Å². The van der Waals surface area contributed by atoms with E-state index in [9.17, 15) is 4.79 Å². The van der Waals surface area contributed by atoms with Crippen LogP contribution in [-0.4, -0.2) is 27.0 Å². The molecule has 1 amide bonds. The van der Waals surface area contributed by atoms with E-state index < -0.39 is 0 Å². The molecule has 0 aliphatic rings. The number of halogens is 1. The summed E-state index contributed by atoms with van der Waals surface area (Å²) in [5, 5.41) is 10.3. The van der Waals surface area contributed by atoms with Crippen molar-refractivity contribution in [1.29, 1.82) is 0 Å². The summed E-state index contributed by atoms with van der Waals surface area (Å²) in [5.41, 5.74) is 4.18. The lowest BCUT2D eigenvalue weighted by Gasteiger charge is -2.05. The van der Waals surface area contributed by atoms with Gasteiger partial charge in [-0.1, -0.05) is 47.5 Å². The minimum Gasteiger partial charge on any atom is -0.355 e. The summed E-state index contributed by atoms with van der Waals surface area (Å²) >= 11 is 7.43. The second kappa shape index (κ2) is 8.12. The fraction of sp³-hybridized carbons (Fsp3) is 0.190. The number of carbonyl (C=O) groups excluding carboxylic acids is 1. The Labute approximate surface area is 172 Å². The first-order valence-corrected chi connectivity index (χ1v) is 10.3. The van der Waals surface area contributed by atoms with Gasteiger partial charge in [0.15, 0.2) is 5.82 Å². The van der Waals surface area contributed by atoms with Gasteiger partial charge in [0.25, 0.3) is 0 Å². The Bertz CT molecular complexity index is 1120. The van der Waals surface area contributed by atoms with Crippen LogP contribution in [0.15, 0.2) is 53.9 Å². The van der Waals surface area contributed by atoms with Crippen LogP contribution < -0.4 is 5.32 Å². The molecule has 5 nitrogen and oxygen atoms in total. The Morgan fingerprint density at radius 1 is 1.21 bits per heavy atom. The second-order valence-electron chi connectivity index (χ2n) is 6.63. The molecule has 2 heterocycles. The standard InChI is InChI=1S/C21H19ClN4OS/c1-14-3-2-4-16(11-14)20-24-21-26(25-20)18(13-28-21)9-10-23-19(27)12-15-5-7-17(22)8-6-15/h2-8,11,13H,9-10,12H2,1H3,(H,23,27). The topological polar surface area (TPSA) is 59.3 Å². The van der Waals surface area contributed by atoms with Crippen molar-refractivity contribution in [3.63, 3.8) is 0 Å². The Kier molecular flexibility index (Phi) is 5.41. The molecular weight excluding hydrogens is 392 g/mol. The highest BCUT2D eigenvalue weighted by Gasteiger charge is 2.12. The number of benzene rings is 2. The van der Waals surface area contributed by atoms with Crippen LogP contribution >= 0.6 is 22.9 Å². The van der Waals surface area contributed by atoms with Crippen molar-refractivity contribution in [2.24, 2.45) is 0 Å². The van der Waals surface area contributed by atoms with Gasteiger partial charge in [-0.3, -0.25) is 4.79 Å². The number of aryl methyl sites for hydroxylation is 1. The maximum absolute atomic E-state index is 12.1. The summed E-state index contributed by atoms with van der Waals surface area (Å²) in [6.07, 6.45) is 1.04. The molecule has 142 valence electrons. The van der Waals surface area contributed by atoms with E-state index >= 15 is 0 Å². The Hall–Kier alpha value is -2.70. The van der Waals surface area contributed by atoms with Gasteiger partial charge >= 0.3 is 0 Å². The van der Waals surface area contributed by atoms with E-state index in [0.717, 1.165) is 27.6 Å². The lowest BCUT2D eigenvalue weighted by molar-refractivity contribution is -0.120. The van der Waals surface area contributed by atoms with Crippen molar-refractivity contribution < 1.29 is 4.79 Å². The summed E-state index contributed by atoms with van der Waals surface area (Å²) in [5.74, 6) is 0.719. The summed E-state index contributed by atoms with van der Waals surface area (Å²) in [6, 6.07) is 15.5. The van der Waals surface area contributed by atoms with E-state index in [1.807, 2.05) is 34.2 Å². The zero-order valence-corrected chi connectivity index (χ0v) is 16.9. The van der Waals surface area contributed by atoms with Gasteiger partial charge in [0.05, 0.1) is 12.1 Å². The quantitative estimate of drug-likeness (QED) is 0.515. The van der Waals surface area contributed by atoms with E-state index in [-0.39, 0.29) is 5.91 Å². The zero-order chi connectivity index (χ0) is 19.5. The van der Waals surface area contributed by atoms with Crippen molar-refractivity contribution in [3.05, 3.63) is 75.8 Å². The summed E-state index contributed by atoms with van der Waals surface area (Å²) < 4.78 is 1.87. The molecule has 4 aromatic rings. The van der Waals surface area contributed by atoms with Crippen molar-refractivity contribution in [1.82, 2.24) is 19.9 Å². The number of fused-ring (bicyclic) bond motifs is 1. The third-order valence-corrected chi connectivity index (χ3v) is 5.52. The van der Waals surface area contributed by atoms with Crippen LogP contribution in [0.5, 0.6) is 0 Å². The van der Waals surface area contributed by atoms with E-state index in [0.29, 0.717) is 24.4 Å². The maximum atomic E-state index is 12.1. The molecule has 0 bridgehead atoms. The Balaban J connectivity index is 1.38. The third-order valence-electron chi connectivity index (χ3n) is 4.41. The molecule has 2 aromatic heterocycles. The number of aromatic nitrogens is 3. The summed E-state index contributed by atoms with van der Waals surface area (Å²) in [7, 11) is 0. The predicted molar refractivity (Wildman–Crippen MR) is 113 cm³/mol. The number of hydrogen-bond acceptors (Lipinski definition) is 4. The molecule has 4 rings (SSSR count). The average Bonchev–Trinajstić information content (AvgIpc) is 3.25. The van der Waals surface area contributed by atoms with Crippen molar-refractivity contribution >= 4 is 33.8 Å². The van der Waals surface area contributed by atoms with Crippen molar-refractivity contribution in [3.8, 4) is 11.4 Å². The highest BCUT2D eigenvalue weighted by atomic mass is 35.5. The molecule has 1 N–H and O–H groups in total.